The molecule has 0 fully saturated rings. The number of diazo groups is 1. The van der Waals surface area contributed by atoms with Gasteiger partial charge in [0.15, 0.2) is 10.7 Å². The topological polar surface area (TPSA) is 109 Å². The Morgan fingerprint density at radius 3 is 2.90 bits per heavy atom. The highest BCUT2D eigenvalue weighted by molar-refractivity contribution is 6.01. The van der Waals surface area contributed by atoms with E-state index in [1.54, 1.807) is 17.6 Å². The van der Waals surface area contributed by atoms with Gasteiger partial charge in [0, 0.05) is 18.8 Å². The summed E-state index contributed by atoms with van der Waals surface area (Å²) in [5.41, 5.74) is -1.05. The Balaban J connectivity index is 2.56. The molecule has 0 saturated heterocycles. The summed E-state index contributed by atoms with van der Waals surface area (Å²) in [6.45, 7) is 2.12. The SMILES string of the molecule is CCn1cc(C(=O)[O-])c(=O)c2c([N+]#N)c3c(cc21)OCO3. The van der Waals surface area contributed by atoms with Gasteiger partial charge in [0.1, 0.15) is 5.39 Å². The molecule has 0 atom stereocenters. The molecule has 1 aliphatic rings. The molecular weight excluding hydrogens is 278 g/mol. The summed E-state index contributed by atoms with van der Waals surface area (Å²) in [4.78, 5) is 26.5. The van der Waals surface area contributed by atoms with E-state index >= 15 is 0 Å². The van der Waals surface area contributed by atoms with Crippen molar-refractivity contribution < 1.29 is 19.4 Å². The highest BCUT2D eigenvalue weighted by Gasteiger charge is 2.33. The number of rotatable bonds is 2. The van der Waals surface area contributed by atoms with Gasteiger partial charge in [0.25, 0.3) is 5.75 Å². The second-order valence-electron chi connectivity index (χ2n) is 4.40. The normalized spacial score (nSPS) is 12.4. The minimum absolute atomic E-state index is 0.0506. The Bertz CT molecular complexity index is 878. The number of fused-ring (bicyclic) bond motifs is 2. The second-order valence-corrected chi connectivity index (χ2v) is 4.40. The fourth-order valence-electron chi connectivity index (χ4n) is 2.38. The molecule has 1 aliphatic heterocycles. The van der Waals surface area contributed by atoms with Gasteiger partial charge < -0.3 is 23.9 Å². The first-order valence-electron chi connectivity index (χ1n) is 6.14. The summed E-state index contributed by atoms with van der Waals surface area (Å²) in [5.74, 6) is -1.15. The number of carbonyl (C=O) groups is 1. The highest BCUT2D eigenvalue weighted by atomic mass is 16.7. The average molecular weight is 287 g/mol. The van der Waals surface area contributed by atoms with Crippen molar-refractivity contribution in [3.05, 3.63) is 33.0 Å². The maximum atomic E-state index is 12.3. The third-order valence-corrected chi connectivity index (χ3v) is 3.34. The lowest BCUT2D eigenvalue weighted by Crippen LogP contribution is -2.30. The van der Waals surface area contributed by atoms with E-state index in [9.17, 15) is 20.1 Å². The summed E-state index contributed by atoms with van der Waals surface area (Å²) < 4.78 is 11.9. The van der Waals surface area contributed by atoms with Gasteiger partial charge in [-0.15, -0.1) is 0 Å². The second kappa shape index (κ2) is 4.49. The standard InChI is InChI=1S/C13H9N3O5/c1-2-16-4-6(13(18)19)11(17)9-7(16)3-8-12(10(9)15-14)21-5-20-8/h3-4H,2,5H2,1H3. The zero-order chi connectivity index (χ0) is 15.1. The van der Waals surface area contributed by atoms with Crippen molar-refractivity contribution in [3.63, 3.8) is 0 Å². The van der Waals surface area contributed by atoms with Gasteiger partial charge in [-0.2, -0.15) is 0 Å². The minimum Gasteiger partial charge on any atom is -0.545 e. The van der Waals surface area contributed by atoms with Gasteiger partial charge >= 0.3 is 5.69 Å². The van der Waals surface area contributed by atoms with Crippen molar-refractivity contribution in [2.75, 3.05) is 6.79 Å². The van der Waals surface area contributed by atoms with Gasteiger partial charge in [0.2, 0.25) is 17.6 Å². The lowest BCUT2D eigenvalue weighted by molar-refractivity contribution is -0.255. The van der Waals surface area contributed by atoms with E-state index < -0.39 is 17.0 Å². The number of aromatic nitrogens is 1. The predicted molar refractivity (Wildman–Crippen MR) is 69.1 cm³/mol. The Kier molecular flexibility index (Phi) is 2.76. The molecule has 3 rings (SSSR count). The number of aromatic carboxylic acids is 1. The van der Waals surface area contributed by atoms with Gasteiger partial charge in [0.05, 0.1) is 17.0 Å². The molecule has 1 aromatic carbocycles. The number of pyridine rings is 1. The van der Waals surface area contributed by atoms with Crippen LogP contribution in [0.5, 0.6) is 11.5 Å². The molecule has 2 aromatic rings. The van der Waals surface area contributed by atoms with Crippen LogP contribution in [0.1, 0.15) is 17.3 Å². The number of carbonyl (C=O) groups excluding carboxylic acids is 1. The quantitative estimate of drug-likeness (QED) is 0.748. The van der Waals surface area contributed by atoms with E-state index in [4.69, 9.17) is 9.47 Å². The summed E-state index contributed by atoms with van der Waals surface area (Å²) in [6, 6.07) is 1.55. The molecule has 8 heteroatoms. The van der Waals surface area contributed by atoms with Crippen LogP contribution in [0.4, 0.5) is 5.69 Å². The maximum Gasteiger partial charge on any atom is 0.443 e. The van der Waals surface area contributed by atoms with Crippen molar-refractivity contribution in [3.8, 4) is 11.5 Å². The predicted octanol–water partition coefficient (Wildman–Crippen LogP) is 0.598. The monoisotopic (exact) mass is 287 g/mol. The Hall–Kier alpha value is -3.08. The van der Waals surface area contributed by atoms with Crippen LogP contribution in [0.3, 0.4) is 0 Å². The minimum atomic E-state index is -1.59. The Labute approximate surface area is 117 Å². The fraction of sp³-hybridized carbons (Fsp3) is 0.231. The molecule has 2 heterocycles. The summed E-state index contributed by atoms with van der Waals surface area (Å²) >= 11 is 0. The number of benzene rings is 1. The zero-order valence-electron chi connectivity index (χ0n) is 11.0. The van der Waals surface area contributed by atoms with E-state index in [2.05, 4.69) is 4.98 Å². The molecule has 0 N–H and O–H groups in total. The first kappa shape index (κ1) is 12.9. The molecule has 0 spiro atoms. The van der Waals surface area contributed by atoms with Crippen LogP contribution in [-0.4, -0.2) is 17.3 Å². The molecule has 0 radical (unpaired) electrons. The van der Waals surface area contributed by atoms with E-state index in [0.29, 0.717) is 17.8 Å². The van der Waals surface area contributed by atoms with Gasteiger partial charge in [-0.05, 0) is 6.92 Å². The molecule has 0 saturated carbocycles. The molecule has 8 nitrogen and oxygen atoms in total. The number of aryl methyl sites for hydroxylation is 1. The van der Waals surface area contributed by atoms with E-state index in [1.807, 2.05) is 0 Å². The van der Waals surface area contributed by atoms with Crippen LogP contribution in [0, 0.1) is 5.39 Å². The van der Waals surface area contributed by atoms with Crippen LogP contribution in [0.15, 0.2) is 17.1 Å². The number of carboxylic acid groups (broad SMARTS) is 1. The molecule has 0 unspecified atom stereocenters. The first-order valence-corrected chi connectivity index (χ1v) is 6.14. The molecular formula is C13H9N3O5. The summed E-state index contributed by atoms with van der Waals surface area (Å²) in [6.07, 6.45) is 1.20. The van der Waals surface area contributed by atoms with Crippen LogP contribution < -0.4 is 20.0 Å². The lowest BCUT2D eigenvalue weighted by Gasteiger charge is -2.11. The van der Waals surface area contributed by atoms with Gasteiger partial charge in [-0.3, -0.25) is 4.79 Å². The van der Waals surface area contributed by atoms with Gasteiger partial charge in [-0.25, -0.2) is 0 Å². The summed E-state index contributed by atoms with van der Waals surface area (Å²) in [7, 11) is 0. The largest absolute Gasteiger partial charge is 0.545 e. The van der Waals surface area contributed by atoms with E-state index in [0.717, 1.165) is 0 Å². The number of carboxylic acids is 1. The third kappa shape index (κ3) is 1.71. The number of ether oxygens (including phenoxy) is 2. The molecule has 0 amide bonds. The van der Waals surface area contributed by atoms with E-state index in [1.165, 1.54) is 6.20 Å². The Morgan fingerprint density at radius 2 is 2.29 bits per heavy atom. The number of nitrogens with zero attached hydrogens (tertiary/aromatic N) is 3. The maximum absolute atomic E-state index is 12.3. The van der Waals surface area contributed by atoms with Crippen LogP contribution in [-0.2, 0) is 6.54 Å². The molecule has 106 valence electrons. The van der Waals surface area contributed by atoms with Crippen molar-refractivity contribution in [1.82, 2.24) is 4.57 Å². The van der Waals surface area contributed by atoms with Crippen molar-refractivity contribution in [2.45, 2.75) is 13.5 Å². The van der Waals surface area contributed by atoms with Crippen molar-refractivity contribution in [1.29, 1.82) is 5.39 Å². The fourth-order valence-corrected chi connectivity index (χ4v) is 2.38. The summed E-state index contributed by atoms with van der Waals surface area (Å²) in [5, 5.41) is 20.2. The van der Waals surface area contributed by atoms with E-state index in [-0.39, 0.29) is 23.6 Å². The number of hydrogen-bond donors (Lipinski definition) is 0. The van der Waals surface area contributed by atoms with Crippen LogP contribution in [0.2, 0.25) is 0 Å². The smallest absolute Gasteiger partial charge is 0.443 e. The third-order valence-electron chi connectivity index (χ3n) is 3.34. The highest BCUT2D eigenvalue weighted by Crippen LogP contribution is 2.45. The van der Waals surface area contributed by atoms with Crippen LogP contribution >= 0.6 is 0 Å². The van der Waals surface area contributed by atoms with Crippen molar-refractivity contribution >= 4 is 22.6 Å². The first-order chi connectivity index (χ1) is 10.1. The Morgan fingerprint density at radius 1 is 1.52 bits per heavy atom. The van der Waals surface area contributed by atoms with Crippen LogP contribution in [0.25, 0.3) is 15.9 Å². The molecule has 1 aromatic heterocycles. The number of hydrogen-bond acceptors (Lipinski definition) is 6. The van der Waals surface area contributed by atoms with Crippen molar-refractivity contribution in [2.24, 2.45) is 0 Å². The average Bonchev–Trinajstić information content (AvgIpc) is 2.93. The zero-order valence-corrected chi connectivity index (χ0v) is 11.0. The lowest BCUT2D eigenvalue weighted by atomic mass is 10.1. The molecule has 21 heavy (non-hydrogen) atoms. The molecule has 0 aliphatic carbocycles. The molecule has 0 bridgehead atoms. The van der Waals surface area contributed by atoms with Gasteiger partial charge in [-0.1, -0.05) is 0 Å².